The quantitative estimate of drug-likeness (QED) is 0.907. The van der Waals surface area contributed by atoms with E-state index >= 15 is 0 Å². The lowest BCUT2D eigenvalue weighted by atomic mass is 9.90. The van der Waals surface area contributed by atoms with Gasteiger partial charge in [-0.25, -0.2) is 4.39 Å². The lowest BCUT2D eigenvalue weighted by molar-refractivity contribution is 0.146. The van der Waals surface area contributed by atoms with Crippen molar-refractivity contribution in [2.45, 2.75) is 31.8 Å². The summed E-state index contributed by atoms with van der Waals surface area (Å²) < 4.78 is 13.4. The smallest absolute Gasteiger partial charge is 0.124 e. The number of nitrogens with zero attached hydrogens (tertiary/aromatic N) is 2. The van der Waals surface area contributed by atoms with Crippen LogP contribution in [0.25, 0.3) is 0 Å². The normalized spacial score (nSPS) is 19.1. The van der Waals surface area contributed by atoms with Crippen molar-refractivity contribution < 1.29 is 4.39 Å². The lowest BCUT2D eigenvalue weighted by Gasteiger charge is -2.39. The summed E-state index contributed by atoms with van der Waals surface area (Å²) in [6.45, 7) is 4.94. The van der Waals surface area contributed by atoms with Crippen molar-refractivity contribution in [1.82, 2.24) is 10.2 Å². The summed E-state index contributed by atoms with van der Waals surface area (Å²) in [5, 5.41) is 12.2. The zero-order valence-electron chi connectivity index (χ0n) is 11.5. The summed E-state index contributed by atoms with van der Waals surface area (Å²) >= 11 is 0. The molecular weight excluding hydrogens is 241 g/mol. The number of piperidine rings is 1. The molecule has 2 rings (SSSR count). The summed E-state index contributed by atoms with van der Waals surface area (Å²) in [5.74, 6) is -0.328. The van der Waals surface area contributed by atoms with Gasteiger partial charge in [-0.3, -0.25) is 4.90 Å². The number of likely N-dealkylation sites (tertiary alicyclic amines) is 1. The Balaban J connectivity index is 2.00. The van der Waals surface area contributed by atoms with Crippen LogP contribution in [0.15, 0.2) is 18.2 Å². The predicted molar refractivity (Wildman–Crippen MR) is 73.1 cm³/mol. The van der Waals surface area contributed by atoms with Crippen molar-refractivity contribution in [2.24, 2.45) is 0 Å². The van der Waals surface area contributed by atoms with Crippen molar-refractivity contribution in [2.75, 3.05) is 20.1 Å². The highest BCUT2D eigenvalue weighted by Gasteiger charge is 2.28. The Morgan fingerprint density at radius 1 is 1.37 bits per heavy atom. The van der Waals surface area contributed by atoms with Crippen LogP contribution in [-0.4, -0.2) is 30.6 Å². The number of hydrogen-bond donors (Lipinski definition) is 1. The average molecular weight is 261 g/mol. The molecule has 1 aliphatic heterocycles. The van der Waals surface area contributed by atoms with Gasteiger partial charge < -0.3 is 5.32 Å². The maximum absolute atomic E-state index is 13.4. The van der Waals surface area contributed by atoms with E-state index in [0.29, 0.717) is 12.1 Å². The fourth-order valence-corrected chi connectivity index (χ4v) is 2.52. The highest BCUT2D eigenvalue weighted by Crippen LogP contribution is 2.22. The molecule has 0 bridgehead atoms. The van der Waals surface area contributed by atoms with E-state index in [4.69, 9.17) is 5.26 Å². The zero-order chi connectivity index (χ0) is 13.9. The molecular formula is C15H20FN3. The number of benzene rings is 1. The fourth-order valence-electron chi connectivity index (χ4n) is 2.52. The van der Waals surface area contributed by atoms with Gasteiger partial charge in [-0.15, -0.1) is 0 Å². The van der Waals surface area contributed by atoms with Crippen molar-refractivity contribution >= 4 is 0 Å². The van der Waals surface area contributed by atoms with Gasteiger partial charge >= 0.3 is 0 Å². The monoisotopic (exact) mass is 261 g/mol. The van der Waals surface area contributed by atoms with E-state index < -0.39 is 0 Å². The molecule has 1 aliphatic rings. The molecule has 0 aromatic heterocycles. The second-order valence-electron chi connectivity index (χ2n) is 5.55. The SMILES string of the molecule is CNC1(C)CCN(Cc2cc(F)cc(C#N)c2)CC1. The average Bonchev–Trinajstić information content (AvgIpc) is 2.41. The van der Waals surface area contributed by atoms with Crippen LogP contribution in [0.1, 0.15) is 30.9 Å². The topological polar surface area (TPSA) is 39.1 Å². The minimum atomic E-state index is -0.328. The maximum atomic E-state index is 13.4. The van der Waals surface area contributed by atoms with E-state index in [-0.39, 0.29) is 11.4 Å². The second-order valence-corrected chi connectivity index (χ2v) is 5.55. The summed E-state index contributed by atoms with van der Waals surface area (Å²) in [6.07, 6.45) is 2.17. The molecule has 0 amide bonds. The predicted octanol–water partition coefficient (Wildman–Crippen LogP) is 2.27. The molecule has 3 nitrogen and oxygen atoms in total. The molecule has 1 N–H and O–H groups in total. The molecule has 1 aromatic carbocycles. The third-order valence-electron chi connectivity index (χ3n) is 4.06. The number of halogens is 1. The molecule has 0 radical (unpaired) electrons. The number of nitrogens with one attached hydrogen (secondary N) is 1. The Kier molecular flexibility index (Phi) is 4.18. The fraction of sp³-hybridized carbons (Fsp3) is 0.533. The van der Waals surface area contributed by atoms with Crippen LogP contribution in [0.5, 0.6) is 0 Å². The summed E-state index contributed by atoms with van der Waals surface area (Å²) in [6, 6.07) is 6.57. The summed E-state index contributed by atoms with van der Waals surface area (Å²) in [4.78, 5) is 2.31. The van der Waals surface area contributed by atoms with Gasteiger partial charge in [-0.05, 0) is 50.6 Å². The Labute approximate surface area is 114 Å². The Morgan fingerprint density at radius 3 is 2.63 bits per heavy atom. The van der Waals surface area contributed by atoms with Crippen molar-refractivity contribution in [3.05, 3.63) is 35.1 Å². The molecule has 102 valence electrons. The third-order valence-corrected chi connectivity index (χ3v) is 4.06. The first kappa shape index (κ1) is 14.0. The standard InChI is InChI=1S/C15H20FN3/c1-15(18-2)3-5-19(6-4-15)11-13-7-12(10-17)8-14(16)9-13/h7-9,18H,3-6,11H2,1-2H3. The van der Waals surface area contributed by atoms with Gasteiger partial charge in [0.15, 0.2) is 0 Å². The maximum Gasteiger partial charge on any atom is 0.124 e. The van der Waals surface area contributed by atoms with Crippen LogP contribution in [0, 0.1) is 17.1 Å². The first-order valence-corrected chi connectivity index (χ1v) is 6.65. The van der Waals surface area contributed by atoms with Crippen LogP contribution < -0.4 is 5.32 Å². The Bertz CT molecular complexity index is 485. The van der Waals surface area contributed by atoms with Gasteiger partial charge in [0.1, 0.15) is 5.82 Å². The van der Waals surface area contributed by atoms with Crippen LogP contribution in [-0.2, 0) is 6.54 Å². The molecule has 1 fully saturated rings. The molecule has 19 heavy (non-hydrogen) atoms. The van der Waals surface area contributed by atoms with Crippen molar-refractivity contribution in [1.29, 1.82) is 5.26 Å². The molecule has 0 aliphatic carbocycles. The zero-order valence-corrected chi connectivity index (χ0v) is 11.5. The van der Waals surface area contributed by atoms with Gasteiger partial charge in [0.2, 0.25) is 0 Å². The van der Waals surface area contributed by atoms with Gasteiger partial charge in [0.25, 0.3) is 0 Å². The highest BCUT2D eigenvalue weighted by molar-refractivity contribution is 5.33. The highest BCUT2D eigenvalue weighted by atomic mass is 19.1. The number of hydrogen-bond acceptors (Lipinski definition) is 3. The Morgan fingerprint density at radius 2 is 2.05 bits per heavy atom. The minimum Gasteiger partial charge on any atom is -0.314 e. The number of rotatable bonds is 3. The number of nitriles is 1. The molecule has 4 heteroatoms. The van der Waals surface area contributed by atoms with E-state index in [0.717, 1.165) is 31.5 Å². The molecule has 0 spiro atoms. The van der Waals surface area contributed by atoms with Crippen LogP contribution >= 0.6 is 0 Å². The van der Waals surface area contributed by atoms with E-state index in [2.05, 4.69) is 17.1 Å². The summed E-state index contributed by atoms with van der Waals surface area (Å²) in [7, 11) is 2.00. The molecule has 1 aromatic rings. The van der Waals surface area contributed by atoms with E-state index in [1.54, 1.807) is 6.07 Å². The first-order chi connectivity index (χ1) is 9.04. The van der Waals surface area contributed by atoms with Gasteiger partial charge in [0.05, 0.1) is 11.6 Å². The van der Waals surface area contributed by atoms with E-state index in [9.17, 15) is 4.39 Å². The minimum absolute atomic E-state index is 0.219. The Hall–Kier alpha value is -1.44. The molecule has 1 saturated heterocycles. The van der Waals surface area contributed by atoms with Gasteiger partial charge in [0, 0.05) is 25.2 Å². The first-order valence-electron chi connectivity index (χ1n) is 6.65. The van der Waals surface area contributed by atoms with E-state index in [1.165, 1.54) is 12.1 Å². The molecule has 0 saturated carbocycles. The van der Waals surface area contributed by atoms with Crippen molar-refractivity contribution in [3.8, 4) is 6.07 Å². The second kappa shape index (κ2) is 5.68. The summed E-state index contributed by atoms with van der Waals surface area (Å²) in [5.41, 5.74) is 1.49. The molecule has 1 heterocycles. The third kappa shape index (κ3) is 3.52. The van der Waals surface area contributed by atoms with Crippen LogP contribution in [0.3, 0.4) is 0 Å². The van der Waals surface area contributed by atoms with Gasteiger partial charge in [-0.1, -0.05) is 0 Å². The largest absolute Gasteiger partial charge is 0.314 e. The van der Waals surface area contributed by atoms with Crippen LogP contribution in [0.4, 0.5) is 4.39 Å². The lowest BCUT2D eigenvalue weighted by Crippen LogP contribution is -2.49. The molecule has 0 unspecified atom stereocenters. The van der Waals surface area contributed by atoms with Gasteiger partial charge in [-0.2, -0.15) is 5.26 Å². The molecule has 0 atom stereocenters. The van der Waals surface area contributed by atoms with Crippen molar-refractivity contribution in [3.63, 3.8) is 0 Å². The van der Waals surface area contributed by atoms with Crippen LogP contribution in [0.2, 0.25) is 0 Å². The van der Waals surface area contributed by atoms with E-state index in [1.807, 2.05) is 13.1 Å².